The molecule has 0 atom stereocenters. The quantitative estimate of drug-likeness (QED) is 0.735. The second-order valence-corrected chi connectivity index (χ2v) is 6.49. The molecule has 2 N–H and O–H groups in total. The smallest absolute Gasteiger partial charge is 0.232 e. The maximum absolute atomic E-state index is 11.0. The van der Waals surface area contributed by atoms with Crippen LogP contribution < -0.4 is 10.0 Å². The molecule has 6 nitrogen and oxygen atoms in total. The zero-order chi connectivity index (χ0) is 12.3. The number of nitrogens with one attached hydrogen (secondary N) is 2. The summed E-state index contributed by atoms with van der Waals surface area (Å²) in [6.45, 7) is 1.25. The third kappa shape index (κ3) is 3.85. The molecule has 0 aromatic heterocycles. The molecular formula is C10H20N4O2S. The number of hydrogen-bond acceptors (Lipinski definition) is 5. The van der Waals surface area contributed by atoms with Crippen molar-refractivity contribution < 1.29 is 8.42 Å². The number of rotatable bonds is 2. The molecule has 2 rings (SSSR count). The van der Waals surface area contributed by atoms with E-state index in [9.17, 15) is 8.42 Å². The van der Waals surface area contributed by atoms with Gasteiger partial charge in [0.05, 0.1) is 19.6 Å². The molecule has 1 aliphatic heterocycles. The van der Waals surface area contributed by atoms with Crippen molar-refractivity contribution in [2.75, 3.05) is 19.6 Å². The number of guanidine groups is 1. The standard InChI is InChI=1S/C10H20N4O2S/c1-17(15,16)13-10-11-7-14(8-12-10)9-5-3-2-4-6-9/h9H,2-8H2,1H3,(H2,11,12,13). The Morgan fingerprint density at radius 2 is 2.06 bits per heavy atom. The lowest BCUT2D eigenvalue weighted by Gasteiger charge is -2.35. The maximum Gasteiger partial charge on any atom is 0.232 e. The van der Waals surface area contributed by atoms with Gasteiger partial charge >= 0.3 is 0 Å². The maximum atomic E-state index is 11.0. The Bertz CT molecular complexity index is 387. The van der Waals surface area contributed by atoms with Gasteiger partial charge in [0.1, 0.15) is 0 Å². The van der Waals surface area contributed by atoms with Crippen molar-refractivity contribution in [2.45, 2.75) is 38.1 Å². The first-order valence-electron chi connectivity index (χ1n) is 6.05. The second-order valence-electron chi connectivity index (χ2n) is 4.74. The van der Waals surface area contributed by atoms with Crippen molar-refractivity contribution in [3.63, 3.8) is 0 Å². The van der Waals surface area contributed by atoms with E-state index in [0.29, 0.717) is 25.3 Å². The van der Waals surface area contributed by atoms with Crippen LogP contribution >= 0.6 is 0 Å². The Balaban J connectivity index is 1.87. The molecule has 0 amide bonds. The van der Waals surface area contributed by atoms with Crippen molar-refractivity contribution in [3.05, 3.63) is 0 Å². The fourth-order valence-electron chi connectivity index (χ4n) is 2.38. The van der Waals surface area contributed by atoms with Crippen LogP contribution in [0, 0.1) is 0 Å². The van der Waals surface area contributed by atoms with Crippen LogP contribution in [0.15, 0.2) is 4.99 Å². The van der Waals surface area contributed by atoms with Crippen LogP contribution in [0.5, 0.6) is 0 Å². The fourth-order valence-corrected chi connectivity index (χ4v) is 2.87. The molecule has 0 unspecified atom stereocenters. The summed E-state index contributed by atoms with van der Waals surface area (Å²) in [5.41, 5.74) is 0. The first-order chi connectivity index (χ1) is 8.04. The Morgan fingerprint density at radius 3 is 2.59 bits per heavy atom. The predicted molar refractivity (Wildman–Crippen MR) is 67.0 cm³/mol. The highest BCUT2D eigenvalue weighted by Crippen LogP contribution is 2.22. The molecule has 0 saturated heterocycles. The zero-order valence-corrected chi connectivity index (χ0v) is 11.0. The molecule has 17 heavy (non-hydrogen) atoms. The first kappa shape index (κ1) is 12.6. The van der Waals surface area contributed by atoms with E-state index in [0.717, 1.165) is 6.26 Å². The lowest BCUT2D eigenvalue weighted by molar-refractivity contribution is 0.149. The summed E-state index contributed by atoms with van der Waals surface area (Å²) in [5.74, 6) is 0.361. The van der Waals surface area contributed by atoms with E-state index in [4.69, 9.17) is 0 Å². The van der Waals surface area contributed by atoms with E-state index >= 15 is 0 Å². The molecule has 1 fully saturated rings. The third-order valence-electron chi connectivity index (χ3n) is 3.23. The molecule has 98 valence electrons. The van der Waals surface area contributed by atoms with Gasteiger partial charge in [-0.25, -0.2) is 13.4 Å². The SMILES string of the molecule is CS(=O)(=O)NC1=NCN(C2CCCCC2)CN1. The van der Waals surface area contributed by atoms with Gasteiger partial charge in [-0.1, -0.05) is 19.3 Å². The summed E-state index contributed by atoms with van der Waals surface area (Å²) >= 11 is 0. The summed E-state index contributed by atoms with van der Waals surface area (Å²) in [6.07, 6.45) is 7.50. The van der Waals surface area contributed by atoms with Gasteiger partial charge in [-0.2, -0.15) is 0 Å². The summed E-state index contributed by atoms with van der Waals surface area (Å²) in [5, 5.41) is 3.01. The Labute approximate surface area is 103 Å². The molecule has 1 heterocycles. The number of sulfonamides is 1. The topological polar surface area (TPSA) is 73.8 Å². The summed E-state index contributed by atoms with van der Waals surface area (Å²) in [6, 6.07) is 0.597. The van der Waals surface area contributed by atoms with E-state index in [1.807, 2.05) is 0 Å². The van der Waals surface area contributed by atoms with Crippen LogP contribution in [0.2, 0.25) is 0 Å². The molecule has 0 bridgehead atoms. The largest absolute Gasteiger partial charge is 0.343 e. The molecule has 0 spiro atoms. The minimum absolute atomic E-state index is 0.361. The molecule has 1 saturated carbocycles. The first-order valence-corrected chi connectivity index (χ1v) is 7.94. The average molecular weight is 260 g/mol. The highest BCUT2D eigenvalue weighted by atomic mass is 32.2. The van der Waals surface area contributed by atoms with E-state index in [1.54, 1.807) is 0 Å². The van der Waals surface area contributed by atoms with Crippen LogP contribution in [-0.4, -0.2) is 44.9 Å². The normalized spacial score (nSPS) is 23.9. The van der Waals surface area contributed by atoms with E-state index in [1.165, 1.54) is 32.1 Å². The molecule has 2 aliphatic rings. The fraction of sp³-hybridized carbons (Fsp3) is 0.900. The van der Waals surface area contributed by atoms with Gasteiger partial charge in [-0.3, -0.25) is 9.62 Å². The minimum atomic E-state index is -3.23. The van der Waals surface area contributed by atoms with Crippen LogP contribution in [0.4, 0.5) is 0 Å². The summed E-state index contributed by atoms with van der Waals surface area (Å²) in [7, 11) is -3.23. The van der Waals surface area contributed by atoms with Gasteiger partial charge in [0.2, 0.25) is 16.0 Å². The van der Waals surface area contributed by atoms with Crippen molar-refractivity contribution >= 4 is 16.0 Å². The summed E-state index contributed by atoms with van der Waals surface area (Å²) < 4.78 is 24.4. The van der Waals surface area contributed by atoms with Gasteiger partial charge in [0, 0.05) is 6.04 Å². The number of hydrogen-bond donors (Lipinski definition) is 2. The third-order valence-corrected chi connectivity index (χ3v) is 3.80. The van der Waals surface area contributed by atoms with Gasteiger partial charge in [-0.05, 0) is 12.8 Å². The van der Waals surface area contributed by atoms with Gasteiger partial charge in [0.15, 0.2) is 0 Å². The van der Waals surface area contributed by atoms with Crippen LogP contribution in [-0.2, 0) is 10.0 Å². The van der Waals surface area contributed by atoms with Crippen LogP contribution in [0.1, 0.15) is 32.1 Å². The minimum Gasteiger partial charge on any atom is -0.343 e. The molecule has 7 heteroatoms. The number of nitrogens with zero attached hydrogens (tertiary/aromatic N) is 2. The van der Waals surface area contributed by atoms with Gasteiger partial charge in [0.25, 0.3) is 0 Å². The second kappa shape index (κ2) is 5.22. The highest BCUT2D eigenvalue weighted by Gasteiger charge is 2.23. The van der Waals surface area contributed by atoms with Crippen molar-refractivity contribution in [3.8, 4) is 0 Å². The lowest BCUT2D eigenvalue weighted by Crippen LogP contribution is -2.52. The zero-order valence-electron chi connectivity index (χ0n) is 10.1. The van der Waals surface area contributed by atoms with Crippen LogP contribution in [0.25, 0.3) is 0 Å². The van der Waals surface area contributed by atoms with E-state index < -0.39 is 10.0 Å². The van der Waals surface area contributed by atoms with E-state index in [-0.39, 0.29) is 0 Å². The Kier molecular flexibility index (Phi) is 3.88. The van der Waals surface area contributed by atoms with Crippen molar-refractivity contribution in [1.82, 2.24) is 14.9 Å². The molecule has 1 aliphatic carbocycles. The molecule has 0 aromatic rings. The molecule has 0 radical (unpaired) electrons. The predicted octanol–water partition coefficient (Wildman–Crippen LogP) is 0.0445. The average Bonchev–Trinajstić information content (AvgIpc) is 2.29. The monoisotopic (exact) mass is 260 g/mol. The van der Waals surface area contributed by atoms with Crippen molar-refractivity contribution in [2.24, 2.45) is 4.99 Å². The van der Waals surface area contributed by atoms with Gasteiger partial charge in [-0.15, -0.1) is 0 Å². The lowest BCUT2D eigenvalue weighted by atomic mass is 9.94. The molecular weight excluding hydrogens is 240 g/mol. The number of aliphatic imine (C=N–C) groups is 1. The highest BCUT2D eigenvalue weighted by molar-refractivity contribution is 7.89. The van der Waals surface area contributed by atoms with Crippen LogP contribution in [0.3, 0.4) is 0 Å². The Hall–Kier alpha value is -0.820. The Morgan fingerprint density at radius 1 is 1.35 bits per heavy atom. The summed E-state index contributed by atoms with van der Waals surface area (Å²) in [4.78, 5) is 6.48. The van der Waals surface area contributed by atoms with Gasteiger partial charge < -0.3 is 5.32 Å². The molecule has 0 aromatic carbocycles. The van der Waals surface area contributed by atoms with E-state index in [2.05, 4.69) is 19.9 Å². The van der Waals surface area contributed by atoms with Crippen molar-refractivity contribution in [1.29, 1.82) is 0 Å².